The van der Waals surface area contributed by atoms with Crippen LogP contribution in [0.3, 0.4) is 0 Å². The van der Waals surface area contributed by atoms with Crippen molar-refractivity contribution in [3.8, 4) is 0 Å². The predicted molar refractivity (Wildman–Crippen MR) is 137 cm³/mol. The van der Waals surface area contributed by atoms with Crippen LogP contribution in [0.5, 0.6) is 0 Å². The van der Waals surface area contributed by atoms with Crippen LogP contribution in [0, 0.1) is 12.7 Å². The summed E-state index contributed by atoms with van der Waals surface area (Å²) in [5, 5.41) is 0.526. The van der Waals surface area contributed by atoms with Gasteiger partial charge in [-0.1, -0.05) is 17.4 Å². The zero-order valence-corrected chi connectivity index (χ0v) is 20.6. The maximum Gasteiger partial charge on any atom is 0.261 e. The van der Waals surface area contributed by atoms with Crippen molar-refractivity contribution in [1.82, 2.24) is 4.98 Å². The van der Waals surface area contributed by atoms with Crippen LogP contribution < -0.4 is 9.62 Å². The quantitative estimate of drug-likeness (QED) is 0.284. The Morgan fingerprint density at radius 2 is 1.81 bits per heavy atom. The van der Waals surface area contributed by atoms with E-state index in [4.69, 9.17) is 4.42 Å². The van der Waals surface area contributed by atoms with Gasteiger partial charge in [0.1, 0.15) is 11.6 Å². The first-order valence-corrected chi connectivity index (χ1v) is 13.2. The number of carbonyl (C=O) groups excluding carboxylic acids is 1. The highest BCUT2D eigenvalue weighted by atomic mass is 32.2. The first-order chi connectivity index (χ1) is 17.3. The molecule has 0 unspecified atom stereocenters. The molecule has 2 aromatic heterocycles. The lowest BCUT2D eigenvalue weighted by molar-refractivity contribution is 0.0983. The molecule has 0 saturated heterocycles. The van der Waals surface area contributed by atoms with Crippen molar-refractivity contribution in [3.63, 3.8) is 0 Å². The van der Waals surface area contributed by atoms with Crippen LogP contribution in [0.15, 0.2) is 94.4 Å². The number of rotatable bonds is 7. The second-order valence-corrected chi connectivity index (χ2v) is 10.8. The topological polar surface area (TPSA) is 92.5 Å². The van der Waals surface area contributed by atoms with Crippen molar-refractivity contribution in [2.24, 2.45) is 0 Å². The maximum atomic E-state index is 13.5. The number of benzene rings is 3. The molecule has 36 heavy (non-hydrogen) atoms. The van der Waals surface area contributed by atoms with Gasteiger partial charge in [-0.2, -0.15) is 0 Å². The molecule has 0 radical (unpaired) electrons. The number of thiazole rings is 1. The van der Waals surface area contributed by atoms with Gasteiger partial charge in [-0.25, -0.2) is 17.8 Å². The molecule has 3 aromatic carbocycles. The van der Waals surface area contributed by atoms with Crippen LogP contribution in [0.4, 0.5) is 15.2 Å². The molecule has 0 aliphatic carbocycles. The van der Waals surface area contributed by atoms with E-state index in [1.54, 1.807) is 18.4 Å². The third-order valence-corrected chi connectivity index (χ3v) is 7.85. The average molecular weight is 522 g/mol. The summed E-state index contributed by atoms with van der Waals surface area (Å²) < 4.78 is 47.2. The summed E-state index contributed by atoms with van der Waals surface area (Å²) in [6, 6.07) is 20.0. The second kappa shape index (κ2) is 9.56. The molecule has 10 heteroatoms. The van der Waals surface area contributed by atoms with Crippen molar-refractivity contribution in [2.45, 2.75) is 18.4 Å². The minimum Gasteiger partial charge on any atom is -0.467 e. The van der Waals surface area contributed by atoms with E-state index in [1.807, 2.05) is 25.1 Å². The van der Waals surface area contributed by atoms with Gasteiger partial charge in [0.15, 0.2) is 5.13 Å². The molecular formula is C26H20FN3O4S2. The molecule has 0 aliphatic rings. The number of nitrogens with one attached hydrogen (secondary N) is 1. The van der Waals surface area contributed by atoms with Gasteiger partial charge in [-0.05, 0) is 85.3 Å². The highest BCUT2D eigenvalue weighted by Gasteiger charge is 2.23. The standard InChI is InChI=1S/C26H20FN3O4S2/c1-17-4-13-23-24(15-17)35-26(28-23)30(16-21-3-2-14-34-21)25(31)18-5-9-20(10-6-18)29-36(32,33)22-11-7-19(27)8-12-22/h2-15,29H,16H2,1H3. The van der Waals surface area contributed by atoms with Gasteiger partial charge in [-0.3, -0.25) is 14.4 Å². The molecule has 182 valence electrons. The zero-order chi connectivity index (χ0) is 25.3. The van der Waals surface area contributed by atoms with E-state index < -0.39 is 15.8 Å². The van der Waals surface area contributed by atoms with E-state index in [0.717, 1.165) is 27.9 Å². The van der Waals surface area contributed by atoms with Crippen LogP contribution in [-0.2, 0) is 16.6 Å². The molecule has 7 nitrogen and oxygen atoms in total. The summed E-state index contributed by atoms with van der Waals surface area (Å²) in [4.78, 5) is 19.7. The molecule has 0 fully saturated rings. The number of carbonyl (C=O) groups is 1. The summed E-state index contributed by atoms with van der Waals surface area (Å²) in [6.07, 6.45) is 1.54. The van der Waals surface area contributed by atoms with E-state index in [9.17, 15) is 17.6 Å². The maximum absolute atomic E-state index is 13.5. The van der Waals surface area contributed by atoms with Crippen molar-refractivity contribution >= 4 is 48.3 Å². The first kappa shape index (κ1) is 23.7. The average Bonchev–Trinajstić information content (AvgIpc) is 3.52. The molecule has 5 rings (SSSR count). The molecule has 0 spiro atoms. The van der Waals surface area contributed by atoms with Gasteiger partial charge in [0.05, 0.1) is 27.9 Å². The first-order valence-electron chi connectivity index (χ1n) is 10.9. The summed E-state index contributed by atoms with van der Waals surface area (Å²) in [6.45, 7) is 2.18. The Morgan fingerprint density at radius 3 is 2.50 bits per heavy atom. The smallest absolute Gasteiger partial charge is 0.261 e. The Morgan fingerprint density at radius 1 is 1.06 bits per heavy atom. The van der Waals surface area contributed by atoms with Crippen molar-refractivity contribution in [1.29, 1.82) is 0 Å². The Bertz CT molecular complexity index is 1630. The van der Waals surface area contributed by atoms with E-state index in [-0.39, 0.29) is 23.0 Å². The third-order valence-electron chi connectivity index (χ3n) is 5.41. The number of hydrogen-bond donors (Lipinski definition) is 1. The Kier molecular flexibility index (Phi) is 6.29. The van der Waals surface area contributed by atoms with Gasteiger partial charge < -0.3 is 4.42 Å². The number of hydrogen-bond acceptors (Lipinski definition) is 6. The Balaban J connectivity index is 1.41. The fourth-order valence-corrected chi connectivity index (χ4v) is 5.70. The van der Waals surface area contributed by atoms with E-state index in [2.05, 4.69) is 9.71 Å². The number of anilines is 2. The Hall–Kier alpha value is -4.02. The number of amides is 1. The highest BCUT2D eigenvalue weighted by molar-refractivity contribution is 7.92. The predicted octanol–water partition coefficient (Wildman–Crippen LogP) is 5.98. The van der Waals surface area contributed by atoms with E-state index in [0.29, 0.717) is 16.5 Å². The summed E-state index contributed by atoms with van der Waals surface area (Å²) in [5.41, 5.74) is 2.51. The minimum atomic E-state index is -3.91. The van der Waals surface area contributed by atoms with Gasteiger partial charge in [0.25, 0.3) is 15.9 Å². The molecule has 0 bridgehead atoms. The van der Waals surface area contributed by atoms with Crippen molar-refractivity contribution in [2.75, 3.05) is 9.62 Å². The Labute approximate surface area is 210 Å². The number of aromatic nitrogens is 1. The summed E-state index contributed by atoms with van der Waals surface area (Å²) >= 11 is 1.41. The van der Waals surface area contributed by atoms with Gasteiger partial charge in [0, 0.05) is 11.3 Å². The van der Waals surface area contributed by atoms with Crippen molar-refractivity contribution < 1.29 is 22.0 Å². The summed E-state index contributed by atoms with van der Waals surface area (Å²) in [7, 11) is -3.91. The monoisotopic (exact) mass is 521 g/mol. The zero-order valence-electron chi connectivity index (χ0n) is 19.0. The largest absolute Gasteiger partial charge is 0.467 e. The van der Waals surface area contributed by atoms with Crippen LogP contribution in [0.1, 0.15) is 21.7 Å². The van der Waals surface area contributed by atoms with Gasteiger partial charge >= 0.3 is 0 Å². The molecule has 5 aromatic rings. The molecular weight excluding hydrogens is 501 g/mol. The molecule has 0 aliphatic heterocycles. The number of furan rings is 1. The van der Waals surface area contributed by atoms with Crippen LogP contribution in [0.2, 0.25) is 0 Å². The number of sulfonamides is 1. The number of nitrogens with zero attached hydrogens (tertiary/aromatic N) is 2. The SMILES string of the molecule is Cc1ccc2nc(N(Cc3ccco3)C(=O)c3ccc(NS(=O)(=O)c4ccc(F)cc4)cc3)sc2c1. The number of halogens is 1. The fraction of sp³-hybridized carbons (Fsp3) is 0.0769. The van der Waals surface area contributed by atoms with Crippen LogP contribution in [0.25, 0.3) is 10.2 Å². The number of aryl methyl sites for hydroxylation is 1. The third kappa shape index (κ3) is 5.00. The molecule has 0 atom stereocenters. The lowest BCUT2D eigenvalue weighted by Crippen LogP contribution is -2.30. The normalized spacial score (nSPS) is 11.5. The molecule has 2 heterocycles. The van der Waals surface area contributed by atoms with Gasteiger partial charge in [-0.15, -0.1) is 0 Å². The summed E-state index contributed by atoms with van der Waals surface area (Å²) in [5.74, 6) is -0.239. The van der Waals surface area contributed by atoms with Crippen LogP contribution in [-0.4, -0.2) is 19.3 Å². The second-order valence-electron chi connectivity index (χ2n) is 8.08. The minimum absolute atomic E-state index is 0.0697. The molecule has 1 amide bonds. The van der Waals surface area contributed by atoms with Gasteiger partial charge in [0.2, 0.25) is 0 Å². The van der Waals surface area contributed by atoms with E-state index >= 15 is 0 Å². The number of fused-ring (bicyclic) bond motifs is 1. The lowest BCUT2D eigenvalue weighted by atomic mass is 10.2. The van der Waals surface area contributed by atoms with E-state index in [1.165, 1.54) is 52.6 Å². The molecule has 1 N–H and O–H groups in total. The molecule has 0 saturated carbocycles. The lowest BCUT2D eigenvalue weighted by Gasteiger charge is -2.19. The fourth-order valence-electron chi connectivity index (χ4n) is 3.58. The van der Waals surface area contributed by atoms with Crippen LogP contribution >= 0.6 is 11.3 Å². The van der Waals surface area contributed by atoms with Crippen molar-refractivity contribution in [3.05, 3.63) is 108 Å². The highest BCUT2D eigenvalue weighted by Crippen LogP contribution is 2.32.